The molecule has 1 fully saturated rings. The van der Waals surface area contributed by atoms with Crippen LogP contribution in [-0.2, 0) is 11.2 Å². The summed E-state index contributed by atoms with van der Waals surface area (Å²) >= 11 is 0. The first-order valence-electron chi connectivity index (χ1n) is 11.6. The molecule has 2 rings (SSSR count). The van der Waals surface area contributed by atoms with Crippen molar-refractivity contribution in [2.24, 2.45) is 16.6 Å². The molecule has 0 radical (unpaired) electrons. The highest BCUT2D eigenvalue weighted by Crippen LogP contribution is 2.27. The minimum Gasteiger partial charge on any atom is -0.493 e. The first-order valence-corrected chi connectivity index (χ1v) is 11.6. The number of carbonyl (C=O) groups is 2. The third-order valence-corrected chi connectivity index (χ3v) is 5.31. The minimum atomic E-state index is -0.903. The highest BCUT2D eigenvalue weighted by Gasteiger charge is 2.17. The van der Waals surface area contributed by atoms with Gasteiger partial charge in [0.25, 0.3) is 5.91 Å². The predicted molar refractivity (Wildman–Crippen MR) is 134 cm³/mol. The average Bonchev–Trinajstić information content (AvgIpc) is 2.74. The zero-order valence-electron chi connectivity index (χ0n) is 21.3. The van der Waals surface area contributed by atoms with Gasteiger partial charge in [0, 0.05) is 12.1 Å². The number of methoxy groups -OCH3 is 2. The normalized spacial score (nSPS) is 15.7. The summed E-state index contributed by atoms with van der Waals surface area (Å²) in [6.07, 6.45) is 2.08. The molecule has 1 heterocycles. The standard InChI is InChI=1S/C17H27N3O3.C7H14N2O2/c1-11(2)8-12(3)19-17(18)20-16(21)10-13-6-7-14(22-4)15(9-13)23-5;1-9-4-2-6(3-5-9)8-7(10)11/h6-7,9,11-12H,8,10H2,1-5H3,(H3,18,19,20,21);6,8H,2-5H2,1H3,(H,10,11)/t12-;/m1./s1. The van der Waals surface area contributed by atoms with E-state index in [9.17, 15) is 9.59 Å². The van der Waals surface area contributed by atoms with Gasteiger partial charge in [-0.25, -0.2) is 4.79 Å². The van der Waals surface area contributed by atoms with Crippen LogP contribution in [0.5, 0.6) is 11.5 Å². The number of carbonyl (C=O) groups excluding carboxylic acids is 1. The van der Waals surface area contributed by atoms with E-state index in [1.54, 1.807) is 32.4 Å². The van der Waals surface area contributed by atoms with Gasteiger partial charge in [-0.15, -0.1) is 0 Å². The van der Waals surface area contributed by atoms with Crippen molar-refractivity contribution in [2.45, 2.75) is 58.5 Å². The Morgan fingerprint density at radius 2 is 1.79 bits per heavy atom. The number of carboxylic acid groups (broad SMARTS) is 1. The van der Waals surface area contributed by atoms with E-state index >= 15 is 0 Å². The quantitative estimate of drug-likeness (QED) is 0.329. The van der Waals surface area contributed by atoms with Crippen molar-refractivity contribution >= 4 is 18.0 Å². The SMILES string of the molecule is CN1CCC(NC(=O)O)CC1.COc1ccc(CC(=O)N=C(N)N[C@H](C)CC(C)C)cc1OC. The maximum atomic E-state index is 12.0. The number of hydrogen-bond donors (Lipinski definition) is 4. The summed E-state index contributed by atoms with van der Waals surface area (Å²) in [5.41, 5.74) is 6.57. The van der Waals surface area contributed by atoms with Gasteiger partial charge < -0.3 is 35.8 Å². The van der Waals surface area contributed by atoms with Crippen LogP contribution in [-0.4, -0.2) is 74.4 Å². The van der Waals surface area contributed by atoms with Crippen LogP contribution in [0.25, 0.3) is 0 Å². The molecule has 0 aliphatic carbocycles. The Labute approximate surface area is 202 Å². The second kappa shape index (κ2) is 15.0. The summed E-state index contributed by atoms with van der Waals surface area (Å²) in [5, 5.41) is 13.9. The maximum Gasteiger partial charge on any atom is 0.404 e. The molecule has 1 atom stereocenters. The van der Waals surface area contributed by atoms with E-state index in [1.807, 2.05) is 6.92 Å². The smallest absolute Gasteiger partial charge is 0.404 e. The molecule has 1 aromatic rings. The highest BCUT2D eigenvalue weighted by atomic mass is 16.5. The zero-order chi connectivity index (χ0) is 25.7. The van der Waals surface area contributed by atoms with E-state index in [4.69, 9.17) is 20.3 Å². The number of nitrogens with two attached hydrogens (primary N) is 1. The molecule has 2 amide bonds. The summed E-state index contributed by atoms with van der Waals surface area (Å²) in [6.45, 7) is 8.26. The van der Waals surface area contributed by atoms with E-state index in [1.165, 1.54) is 0 Å². The molecule has 0 spiro atoms. The zero-order valence-corrected chi connectivity index (χ0v) is 21.3. The number of nitrogens with zero attached hydrogens (tertiary/aromatic N) is 2. The fourth-order valence-electron chi connectivity index (χ4n) is 3.72. The summed E-state index contributed by atoms with van der Waals surface area (Å²) < 4.78 is 10.4. The molecule has 1 aromatic carbocycles. The van der Waals surface area contributed by atoms with Gasteiger partial charge in [-0.3, -0.25) is 4.79 Å². The van der Waals surface area contributed by atoms with Crippen molar-refractivity contribution < 1.29 is 24.2 Å². The molecule has 0 unspecified atom stereocenters. The van der Waals surface area contributed by atoms with Crippen LogP contribution in [0.4, 0.5) is 4.79 Å². The van der Waals surface area contributed by atoms with Crippen LogP contribution in [0.2, 0.25) is 0 Å². The fraction of sp³-hybridized carbons (Fsp3) is 0.625. The molecule has 1 aliphatic rings. The summed E-state index contributed by atoms with van der Waals surface area (Å²) in [6, 6.07) is 5.67. The molecule has 1 aliphatic heterocycles. The maximum absolute atomic E-state index is 12.0. The summed E-state index contributed by atoms with van der Waals surface area (Å²) in [5.74, 6) is 1.60. The topological polar surface area (TPSA) is 139 Å². The highest BCUT2D eigenvalue weighted by molar-refractivity contribution is 5.93. The van der Waals surface area contributed by atoms with Gasteiger partial charge in [0.2, 0.25) is 0 Å². The molecule has 10 heteroatoms. The first-order chi connectivity index (χ1) is 16.0. The van der Waals surface area contributed by atoms with Gasteiger partial charge in [0.15, 0.2) is 17.5 Å². The van der Waals surface area contributed by atoms with E-state index < -0.39 is 6.09 Å². The Morgan fingerprint density at radius 3 is 2.32 bits per heavy atom. The predicted octanol–water partition coefficient (Wildman–Crippen LogP) is 2.46. The number of rotatable bonds is 8. The Kier molecular flexibility index (Phi) is 12.8. The number of guanidine groups is 1. The van der Waals surface area contributed by atoms with Crippen molar-refractivity contribution in [1.29, 1.82) is 0 Å². The van der Waals surface area contributed by atoms with Gasteiger partial charge in [-0.2, -0.15) is 4.99 Å². The fourth-order valence-corrected chi connectivity index (χ4v) is 3.72. The van der Waals surface area contributed by atoms with E-state index in [0.29, 0.717) is 17.4 Å². The van der Waals surface area contributed by atoms with Crippen molar-refractivity contribution in [3.05, 3.63) is 23.8 Å². The second-order valence-electron chi connectivity index (χ2n) is 8.96. The van der Waals surface area contributed by atoms with E-state index in [0.717, 1.165) is 37.9 Å². The lowest BCUT2D eigenvalue weighted by Crippen LogP contribution is -2.42. The van der Waals surface area contributed by atoms with Crippen LogP contribution in [0.1, 0.15) is 45.6 Å². The van der Waals surface area contributed by atoms with Crippen LogP contribution in [0.15, 0.2) is 23.2 Å². The summed E-state index contributed by atoms with van der Waals surface area (Å²) in [4.78, 5) is 28.3. The van der Waals surface area contributed by atoms with Crippen molar-refractivity contribution in [3.63, 3.8) is 0 Å². The number of likely N-dealkylation sites (tertiary alicyclic amines) is 1. The van der Waals surface area contributed by atoms with Crippen molar-refractivity contribution in [1.82, 2.24) is 15.5 Å². The third-order valence-electron chi connectivity index (χ3n) is 5.31. The number of amides is 2. The molecule has 0 saturated carbocycles. The molecule has 10 nitrogen and oxygen atoms in total. The molecule has 34 heavy (non-hydrogen) atoms. The van der Waals surface area contributed by atoms with Crippen LogP contribution >= 0.6 is 0 Å². The molecule has 0 aromatic heterocycles. The van der Waals surface area contributed by atoms with Gasteiger partial charge in [-0.1, -0.05) is 19.9 Å². The third kappa shape index (κ3) is 11.7. The molecule has 0 bridgehead atoms. The Morgan fingerprint density at radius 1 is 1.18 bits per heavy atom. The number of piperidine rings is 1. The number of hydrogen-bond acceptors (Lipinski definition) is 5. The minimum absolute atomic E-state index is 0.154. The number of benzene rings is 1. The Hall–Kier alpha value is -3.01. The lowest BCUT2D eigenvalue weighted by Gasteiger charge is -2.28. The second-order valence-corrected chi connectivity index (χ2v) is 8.96. The summed E-state index contributed by atoms with van der Waals surface area (Å²) in [7, 11) is 5.17. The number of aliphatic imine (C=N–C) groups is 1. The van der Waals surface area contributed by atoms with Crippen molar-refractivity contribution in [2.75, 3.05) is 34.4 Å². The van der Waals surface area contributed by atoms with E-state index in [2.05, 4.69) is 41.4 Å². The molecular formula is C24H41N5O5. The van der Waals surface area contributed by atoms with Crippen LogP contribution < -0.4 is 25.8 Å². The molecular weight excluding hydrogens is 438 g/mol. The Bertz CT molecular complexity index is 807. The van der Waals surface area contributed by atoms with Crippen molar-refractivity contribution in [3.8, 4) is 11.5 Å². The monoisotopic (exact) mass is 479 g/mol. The van der Waals surface area contributed by atoms with Gasteiger partial charge in [-0.05, 0) is 69.9 Å². The van der Waals surface area contributed by atoms with Gasteiger partial charge >= 0.3 is 6.09 Å². The van der Waals surface area contributed by atoms with Crippen LogP contribution in [0, 0.1) is 5.92 Å². The number of ether oxygens (including phenoxy) is 2. The lowest BCUT2D eigenvalue weighted by molar-refractivity contribution is -0.117. The lowest BCUT2D eigenvalue weighted by atomic mass is 10.1. The first kappa shape index (κ1) is 29.0. The van der Waals surface area contributed by atoms with Gasteiger partial charge in [0.1, 0.15) is 0 Å². The molecule has 192 valence electrons. The average molecular weight is 480 g/mol. The number of nitrogens with one attached hydrogen (secondary N) is 2. The molecule has 5 N–H and O–H groups in total. The molecule has 1 saturated heterocycles. The van der Waals surface area contributed by atoms with Crippen LogP contribution in [0.3, 0.4) is 0 Å². The van der Waals surface area contributed by atoms with Gasteiger partial charge in [0.05, 0.1) is 20.6 Å². The largest absolute Gasteiger partial charge is 0.493 e. The van der Waals surface area contributed by atoms with E-state index in [-0.39, 0.29) is 30.4 Å². The Balaban J connectivity index is 0.000000437.